The summed E-state index contributed by atoms with van der Waals surface area (Å²) in [6.07, 6.45) is -6.91. The molecular weight excluding hydrogens is 273 g/mol. The van der Waals surface area contributed by atoms with Gasteiger partial charge in [-0.25, -0.2) is 0 Å². The Kier molecular flexibility index (Phi) is 4.04. The summed E-state index contributed by atoms with van der Waals surface area (Å²) in [5.41, 5.74) is -1.95. The highest BCUT2D eigenvalue weighted by Crippen LogP contribution is 2.51. The molecule has 2 unspecified atom stereocenters. The van der Waals surface area contributed by atoms with Crippen LogP contribution < -0.4 is 0 Å². The van der Waals surface area contributed by atoms with Gasteiger partial charge in [0.1, 0.15) is 6.61 Å². The molecule has 0 bridgehead atoms. The Labute approximate surface area is 114 Å². The van der Waals surface area contributed by atoms with E-state index in [9.17, 15) is 23.1 Å². The fourth-order valence-corrected chi connectivity index (χ4v) is 2.44. The normalized spacial score (nSPS) is 26.5. The summed E-state index contributed by atoms with van der Waals surface area (Å²) in [7, 11) is 0. The number of benzene rings is 1. The van der Waals surface area contributed by atoms with Crippen LogP contribution in [0.25, 0.3) is 0 Å². The van der Waals surface area contributed by atoms with Crippen LogP contribution in [0.3, 0.4) is 0 Å². The molecule has 1 fully saturated rings. The summed E-state index contributed by atoms with van der Waals surface area (Å²) in [5.74, 6) is -1.30. The number of aliphatic hydroxyl groups is 1. The smallest absolute Gasteiger partial charge is 0.405 e. The topological polar surface area (TPSA) is 46.5 Å². The second-order valence-electron chi connectivity index (χ2n) is 5.04. The zero-order valence-electron chi connectivity index (χ0n) is 10.7. The van der Waals surface area contributed by atoms with Crippen molar-refractivity contribution in [2.24, 2.45) is 5.41 Å². The van der Waals surface area contributed by atoms with Gasteiger partial charge in [-0.3, -0.25) is 4.79 Å². The largest absolute Gasteiger partial charge is 0.460 e. The Balaban J connectivity index is 2.09. The SMILES string of the molecule is O=C(OCc1ccccc1)C1(C(F)(F)F)CCC(O)C1. The van der Waals surface area contributed by atoms with Gasteiger partial charge in [-0.1, -0.05) is 30.3 Å². The molecule has 2 rings (SSSR count). The third kappa shape index (κ3) is 2.80. The quantitative estimate of drug-likeness (QED) is 0.870. The fourth-order valence-electron chi connectivity index (χ4n) is 2.44. The monoisotopic (exact) mass is 288 g/mol. The van der Waals surface area contributed by atoms with E-state index in [0.717, 1.165) is 0 Å². The molecule has 20 heavy (non-hydrogen) atoms. The lowest BCUT2D eigenvalue weighted by Crippen LogP contribution is -2.44. The van der Waals surface area contributed by atoms with E-state index < -0.39 is 36.5 Å². The molecule has 0 amide bonds. The molecule has 6 heteroatoms. The number of aliphatic hydroxyl groups excluding tert-OH is 1. The van der Waals surface area contributed by atoms with Gasteiger partial charge in [0.05, 0.1) is 6.10 Å². The summed E-state index contributed by atoms with van der Waals surface area (Å²) in [6, 6.07) is 8.51. The minimum atomic E-state index is -4.71. The summed E-state index contributed by atoms with van der Waals surface area (Å²) in [6.45, 7) is -0.201. The molecule has 1 aliphatic carbocycles. The Bertz CT molecular complexity index is 472. The van der Waals surface area contributed by atoms with Crippen LogP contribution in [0.15, 0.2) is 30.3 Å². The molecule has 3 nitrogen and oxygen atoms in total. The van der Waals surface area contributed by atoms with Crippen molar-refractivity contribution >= 4 is 5.97 Å². The van der Waals surface area contributed by atoms with Gasteiger partial charge in [0.25, 0.3) is 0 Å². The van der Waals surface area contributed by atoms with Crippen molar-refractivity contribution in [3.63, 3.8) is 0 Å². The molecule has 1 aromatic carbocycles. The maximum Gasteiger partial charge on any atom is 0.405 e. The number of esters is 1. The second kappa shape index (κ2) is 5.44. The standard InChI is InChI=1S/C14H15F3O3/c15-14(16,17)13(7-6-11(18)8-13)12(19)20-9-10-4-2-1-3-5-10/h1-5,11,18H,6-9H2. The highest BCUT2D eigenvalue weighted by molar-refractivity contribution is 5.78. The van der Waals surface area contributed by atoms with Crippen molar-refractivity contribution in [2.45, 2.75) is 38.1 Å². The molecule has 110 valence electrons. The number of carbonyl (C=O) groups excluding carboxylic acids is 1. The Morgan fingerprint density at radius 3 is 2.50 bits per heavy atom. The molecule has 0 aromatic heterocycles. The lowest BCUT2D eigenvalue weighted by molar-refractivity contribution is -0.235. The predicted octanol–water partition coefficient (Wildman–Crippen LogP) is 2.82. The molecule has 1 saturated carbocycles. The first-order valence-electron chi connectivity index (χ1n) is 6.31. The van der Waals surface area contributed by atoms with Crippen LogP contribution in [0.4, 0.5) is 13.2 Å². The van der Waals surface area contributed by atoms with E-state index in [0.29, 0.717) is 5.56 Å². The molecule has 2 atom stereocenters. The summed E-state index contributed by atoms with van der Waals surface area (Å²) < 4.78 is 44.3. The van der Waals surface area contributed by atoms with Gasteiger partial charge in [-0.15, -0.1) is 0 Å². The van der Waals surface area contributed by atoms with E-state index in [1.54, 1.807) is 30.3 Å². The number of rotatable bonds is 3. The number of hydrogen-bond donors (Lipinski definition) is 1. The first-order valence-corrected chi connectivity index (χ1v) is 6.31. The van der Waals surface area contributed by atoms with Crippen molar-refractivity contribution in [1.82, 2.24) is 0 Å². The van der Waals surface area contributed by atoms with Gasteiger partial charge in [-0.05, 0) is 24.8 Å². The van der Waals surface area contributed by atoms with Gasteiger partial charge in [0.2, 0.25) is 0 Å². The maximum absolute atomic E-state index is 13.2. The van der Waals surface area contributed by atoms with E-state index in [-0.39, 0.29) is 13.0 Å². The lowest BCUT2D eigenvalue weighted by atomic mass is 9.85. The summed E-state index contributed by atoms with van der Waals surface area (Å²) >= 11 is 0. The van der Waals surface area contributed by atoms with Gasteiger partial charge < -0.3 is 9.84 Å². The number of hydrogen-bond acceptors (Lipinski definition) is 3. The summed E-state index contributed by atoms with van der Waals surface area (Å²) in [5, 5.41) is 9.35. The molecule has 0 radical (unpaired) electrons. The van der Waals surface area contributed by atoms with Crippen molar-refractivity contribution in [3.8, 4) is 0 Å². The minimum Gasteiger partial charge on any atom is -0.460 e. The van der Waals surface area contributed by atoms with Crippen molar-refractivity contribution < 1.29 is 27.8 Å². The van der Waals surface area contributed by atoms with Crippen LogP contribution in [0.5, 0.6) is 0 Å². The highest BCUT2D eigenvalue weighted by atomic mass is 19.4. The van der Waals surface area contributed by atoms with Crippen molar-refractivity contribution in [2.75, 3.05) is 0 Å². The van der Waals surface area contributed by atoms with Gasteiger partial charge in [0, 0.05) is 0 Å². The van der Waals surface area contributed by atoms with E-state index >= 15 is 0 Å². The van der Waals surface area contributed by atoms with E-state index in [2.05, 4.69) is 0 Å². The maximum atomic E-state index is 13.2. The zero-order chi connectivity index (χ0) is 14.8. The van der Waals surface area contributed by atoms with Crippen molar-refractivity contribution in [1.29, 1.82) is 0 Å². The van der Waals surface area contributed by atoms with E-state index in [1.165, 1.54) is 0 Å². The predicted molar refractivity (Wildman–Crippen MR) is 64.6 cm³/mol. The number of ether oxygens (including phenoxy) is 1. The third-order valence-corrected chi connectivity index (χ3v) is 3.63. The molecule has 0 heterocycles. The van der Waals surface area contributed by atoms with Crippen molar-refractivity contribution in [3.05, 3.63) is 35.9 Å². The number of alkyl halides is 3. The zero-order valence-corrected chi connectivity index (χ0v) is 10.7. The summed E-state index contributed by atoms with van der Waals surface area (Å²) in [4.78, 5) is 11.9. The average molecular weight is 288 g/mol. The van der Waals surface area contributed by atoms with Crippen LogP contribution in [-0.4, -0.2) is 23.4 Å². The second-order valence-corrected chi connectivity index (χ2v) is 5.04. The molecule has 0 spiro atoms. The molecular formula is C14H15F3O3. The Hall–Kier alpha value is -1.56. The van der Waals surface area contributed by atoms with E-state index in [1.807, 2.05) is 0 Å². The molecule has 0 saturated heterocycles. The molecule has 1 aliphatic rings. The molecule has 1 N–H and O–H groups in total. The lowest BCUT2D eigenvalue weighted by Gasteiger charge is -2.29. The van der Waals surface area contributed by atoms with Crippen LogP contribution in [0.1, 0.15) is 24.8 Å². The highest BCUT2D eigenvalue weighted by Gasteiger charge is 2.64. The fraction of sp³-hybridized carbons (Fsp3) is 0.500. The number of carbonyl (C=O) groups is 1. The molecule has 0 aliphatic heterocycles. The first-order chi connectivity index (χ1) is 9.35. The minimum absolute atomic E-state index is 0.0417. The van der Waals surface area contributed by atoms with Gasteiger partial charge in [0.15, 0.2) is 5.41 Å². The average Bonchev–Trinajstić information content (AvgIpc) is 2.80. The van der Waals surface area contributed by atoms with Crippen LogP contribution >= 0.6 is 0 Å². The molecule has 1 aromatic rings. The van der Waals surface area contributed by atoms with Crippen LogP contribution in [0, 0.1) is 5.41 Å². The Morgan fingerprint density at radius 2 is 2.00 bits per heavy atom. The van der Waals surface area contributed by atoms with E-state index in [4.69, 9.17) is 4.74 Å². The van der Waals surface area contributed by atoms with Crippen LogP contribution in [0.2, 0.25) is 0 Å². The Morgan fingerprint density at radius 1 is 1.35 bits per heavy atom. The third-order valence-electron chi connectivity index (χ3n) is 3.63. The van der Waals surface area contributed by atoms with Crippen LogP contribution in [-0.2, 0) is 16.1 Å². The number of halogens is 3. The van der Waals surface area contributed by atoms with Gasteiger partial charge >= 0.3 is 12.1 Å². The van der Waals surface area contributed by atoms with Gasteiger partial charge in [-0.2, -0.15) is 13.2 Å². The first kappa shape index (κ1) is 14.8.